The predicted molar refractivity (Wildman–Crippen MR) is 110 cm³/mol. The van der Waals surface area contributed by atoms with Gasteiger partial charge in [-0.1, -0.05) is 6.07 Å². The number of pyridine rings is 1. The second-order valence-electron chi connectivity index (χ2n) is 7.38. The van der Waals surface area contributed by atoms with Crippen LogP contribution in [0, 0.1) is 5.92 Å². The standard InChI is InChI=1S/C20H32N6O2/c1-2-22-20(26-8-4-5-16(15-26)13-18(21)27)24-14-17-6-3-7-23-19(17)25-9-11-28-12-10-25/h3,6-7,16H,2,4-5,8-15H2,1H3,(H2,21,27)(H,22,24). The highest BCUT2D eigenvalue weighted by Gasteiger charge is 2.24. The number of primary amides is 1. The summed E-state index contributed by atoms with van der Waals surface area (Å²) in [5, 5.41) is 3.40. The third-order valence-corrected chi connectivity index (χ3v) is 5.22. The first-order valence-electron chi connectivity index (χ1n) is 10.3. The van der Waals surface area contributed by atoms with Gasteiger partial charge in [-0.3, -0.25) is 4.79 Å². The Morgan fingerprint density at radius 2 is 2.21 bits per heavy atom. The van der Waals surface area contributed by atoms with Crippen molar-refractivity contribution in [3.8, 4) is 0 Å². The van der Waals surface area contributed by atoms with Crippen LogP contribution < -0.4 is 16.0 Å². The number of piperidine rings is 1. The second kappa shape index (κ2) is 10.3. The number of amides is 1. The molecule has 0 radical (unpaired) electrons. The number of aliphatic imine (C=N–C) groups is 1. The van der Waals surface area contributed by atoms with Gasteiger partial charge >= 0.3 is 0 Å². The lowest BCUT2D eigenvalue weighted by molar-refractivity contribution is -0.119. The number of ether oxygens (including phenoxy) is 1. The Morgan fingerprint density at radius 1 is 1.39 bits per heavy atom. The minimum atomic E-state index is -0.223. The molecule has 3 heterocycles. The molecule has 0 bridgehead atoms. The molecule has 8 heteroatoms. The fourth-order valence-corrected chi connectivity index (χ4v) is 3.91. The number of nitrogens with one attached hydrogen (secondary N) is 1. The molecule has 1 atom stereocenters. The maximum atomic E-state index is 11.3. The molecule has 2 saturated heterocycles. The number of aromatic nitrogens is 1. The number of hydrogen-bond acceptors (Lipinski definition) is 5. The van der Waals surface area contributed by atoms with E-state index in [1.165, 1.54) is 0 Å². The molecule has 3 rings (SSSR count). The van der Waals surface area contributed by atoms with Gasteiger partial charge in [0.05, 0.1) is 19.8 Å². The van der Waals surface area contributed by atoms with E-state index < -0.39 is 0 Å². The number of morpholine rings is 1. The quantitative estimate of drug-likeness (QED) is 0.557. The van der Waals surface area contributed by atoms with Crippen LogP contribution in [0.15, 0.2) is 23.3 Å². The van der Waals surface area contributed by atoms with Gasteiger partial charge in [0, 0.05) is 50.9 Å². The number of carbonyl (C=O) groups is 1. The Hall–Kier alpha value is -2.35. The minimum Gasteiger partial charge on any atom is -0.378 e. The van der Waals surface area contributed by atoms with Gasteiger partial charge in [0.25, 0.3) is 0 Å². The number of rotatable bonds is 6. The monoisotopic (exact) mass is 388 g/mol. The van der Waals surface area contributed by atoms with Crippen LogP contribution in [-0.2, 0) is 16.1 Å². The van der Waals surface area contributed by atoms with Crippen molar-refractivity contribution in [3.05, 3.63) is 23.9 Å². The van der Waals surface area contributed by atoms with Crippen LogP contribution in [0.3, 0.4) is 0 Å². The molecule has 0 aliphatic carbocycles. The summed E-state index contributed by atoms with van der Waals surface area (Å²) in [7, 11) is 0. The first-order valence-corrected chi connectivity index (χ1v) is 10.3. The summed E-state index contributed by atoms with van der Waals surface area (Å²) in [4.78, 5) is 25.3. The zero-order valence-electron chi connectivity index (χ0n) is 16.8. The molecule has 1 aromatic heterocycles. The smallest absolute Gasteiger partial charge is 0.217 e. The summed E-state index contributed by atoms with van der Waals surface area (Å²) in [6.07, 6.45) is 4.37. The summed E-state index contributed by atoms with van der Waals surface area (Å²) in [5.41, 5.74) is 6.52. The van der Waals surface area contributed by atoms with E-state index in [0.29, 0.717) is 18.9 Å². The van der Waals surface area contributed by atoms with Crippen LogP contribution in [-0.4, -0.2) is 67.7 Å². The van der Waals surface area contributed by atoms with E-state index in [9.17, 15) is 4.79 Å². The molecule has 0 spiro atoms. The molecule has 1 unspecified atom stereocenters. The van der Waals surface area contributed by atoms with Gasteiger partial charge in [-0.2, -0.15) is 0 Å². The molecule has 2 fully saturated rings. The second-order valence-corrected chi connectivity index (χ2v) is 7.38. The summed E-state index contributed by atoms with van der Waals surface area (Å²) in [6, 6.07) is 4.06. The first-order chi connectivity index (χ1) is 13.7. The van der Waals surface area contributed by atoms with Crippen molar-refractivity contribution >= 4 is 17.7 Å². The molecular formula is C20H32N6O2. The topological polar surface area (TPSA) is 96.1 Å². The predicted octanol–water partition coefficient (Wildman–Crippen LogP) is 0.971. The highest BCUT2D eigenvalue weighted by atomic mass is 16.5. The Balaban J connectivity index is 1.72. The molecule has 0 aromatic carbocycles. The number of nitrogens with two attached hydrogens (primary N) is 1. The molecule has 3 N–H and O–H groups in total. The van der Waals surface area contributed by atoms with E-state index in [-0.39, 0.29) is 5.91 Å². The number of nitrogens with zero attached hydrogens (tertiary/aromatic N) is 4. The van der Waals surface area contributed by atoms with Crippen molar-refractivity contribution in [2.45, 2.75) is 32.7 Å². The van der Waals surface area contributed by atoms with Gasteiger partial charge in [-0.05, 0) is 31.7 Å². The molecule has 1 amide bonds. The highest BCUT2D eigenvalue weighted by Crippen LogP contribution is 2.21. The van der Waals surface area contributed by atoms with E-state index >= 15 is 0 Å². The number of guanidine groups is 1. The van der Waals surface area contributed by atoms with Gasteiger partial charge < -0.3 is 25.6 Å². The van der Waals surface area contributed by atoms with E-state index in [1.807, 2.05) is 12.3 Å². The van der Waals surface area contributed by atoms with Crippen LogP contribution in [0.4, 0.5) is 5.82 Å². The van der Waals surface area contributed by atoms with Gasteiger partial charge in [0.1, 0.15) is 5.82 Å². The Morgan fingerprint density at radius 3 is 2.96 bits per heavy atom. The SMILES string of the molecule is CCNC(=NCc1cccnc1N1CCOCC1)N1CCCC(CC(N)=O)C1. The number of likely N-dealkylation sites (tertiary alicyclic amines) is 1. The van der Waals surface area contributed by atoms with Crippen molar-refractivity contribution in [1.29, 1.82) is 0 Å². The summed E-state index contributed by atoms with van der Waals surface area (Å²) >= 11 is 0. The molecule has 28 heavy (non-hydrogen) atoms. The lowest BCUT2D eigenvalue weighted by Crippen LogP contribution is -2.47. The molecule has 2 aliphatic heterocycles. The average molecular weight is 389 g/mol. The lowest BCUT2D eigenvalue weighted by Gasteiger charge is -2.34. The Kier molecular flexibility index (Phi) is 7.47. The molecule has 8 nitrogen and oxygen atoms in total. The minimum absolute atomic E-state index is 0.223. The first kappa shape index (κ1) is 20.4. The van der Waals surface area contributed by atoms with Gasteiger partial charge in [0.15, 0.2) is 5.96 Å². The van der Waals surface area contributed by atoms with E-state index in [1.54, 1.807) is 0 Å². The molecule has 154 valence electrons. The van der Waals surface area contributed by atoms with Crippen LogP contribution >= 0.6 is 0 Å². The van der Waals surface area contributed by atoms with Crippen molar-refractivity contribution < 1.29 is 9.53 Å². The Labute approximate surface area is 167 Å². The molecular weight excluding hydrogens is 356 g/mol. The fourth-order valence-electron chi connectivity index (χ4n) is 3.91. The summed E-state index contributed by atoms with van der Waals surface area (Å²) in [6.45, 7) is 8.39. The molecule has 0 saturated carbocycles. The van der Waals surface area contributed by atoms with Crippen LogP contribution in [0.25, 0.3) is 0 Å². The van der Waals surface area contributed by atoms with Crippen molar-refractivity contribution in [1.82, 2.24) is 15.2 Å². The average Bonchev–Trinajstić information content (AvgIpc) is 2.72. The third kappa shape index (κ3) is 5.58. The number of hydrogen-bond donors (Lipinski definition) is 2. The Bertz CT molecular complexity index is 674. The summed E-state index contributed by atoms with van der Waals surface area (Å²) in [5.74, 6) is 1.97. The fraction of sp³-hybridized carbons (Fsp3) is 0.650. The van der Waals surface area contributed by atoms with Crippen molar-refractivity contribution in [2.24, 2.45) is 16.6 Å². The van der Waals surface area contributed by atoms with Crippen LogP contribution in [0.2, 0.25) is 0 Å². The molecule has 2 aliphatic rings. The van der Waals surface area contributed by atoms with Crippen molar-refractivity contribution in [2.75, 3.05) is 50.8 Å². The van der Waals surface area contributed by atoms with E-state index in [0.717, 1.165) is 76.1 Å². The van der Waals surface area contributed by atoms with Crippen LogP contribution in [0.5, 0.6) is 0 Å². The van der Waals surface area contributed by atoms with Gasteiger partial charge in [-0.15, -0.1) is 0 Å². The molecule has 1 aromatic rings. The van der Waals surface area contributed by atoms with Gasteiger partial charge in [-0.25, -0.2) is 9.98 Å². The van der Waals surface area contributed by atoms with E-state index in [4.69, 9.17) is 15.5 Å². The van der Waals surface area contributed by atoms with Crippen molar-refractivity contribution in [3.63, 3.8) is 0 Å². The largest absolute Gasteiger partial charge is 0.378 e. The zero-order chi connectivity index (χ0) is 19.8. The normalized spacial score (nSPS) is 20.9. The van der Waals surface area contributed by atoms with Gasteiger partial charge in [0.2, 0.25) is 5.91 Å². The maximum absolute atomic E-state index is 11.3. The van der Waals surface area contributed by atoms with Crippen LogP contribution in [0.1, 0.15) is 31.7 Å². The number of anilines is 1. The van der Waals surface area contributed by atoms with E-state index in [2.05, 4.69) is 33.1 Å². The third-order valence-electron chi connectivity index (χ3n) is 5.22. The number of carbonyl (C=O) groups excluding carboxylic acids is 1. The zero-order valence-corrected chi connectivity index (χ0v) is 16.8. The summed E-state index contributed by atoms with van der Waals surface area (Å²) < 4.78 is 5.46. The lowest BCUT2D eigenvalue weighted by atomic mass is 9.95. The maximum Gasteiger partial charge on any atom is 0.217 e. The highest BCUT2D eigenvalue weighted by molar-refractivity contribution is 5.80.